The molecule has 0 aliphatic heterocycles. The second-order valence-corrected chi connectivity index (χ2v) is 3.16. The molecule has 0 unspecified atom stereocenters. The predicted molar refractivity (Wildman–Crippen MR) is 45.4 cm³/mol. The molecule has 12 heavy (non-hydrogen) atoms. The summed E-state index contributed by atoms with van der Waals surface area (Å²) < 4.78 is 4.51. The number of thiophene rings is 1. The van der Waals surface area contributed by atoms with Crippen molar-refractivity contribution in [3.05, 3.63) is 21.9 Å². The van der Waals surface area contributed by atoms with Gasteiger partial charge in [0.25, 0.3) is 0 Å². The van der Waals surface area contributed by atoms with Gasteiger partial charge in [0.15, 0.2) is 0 Å². The SMILES string of the molecule is COC(=O)c1csc(CC=O)c1. The quantitative estimate of drug-likeness (QED) is 0.525. The smallest absolute Gasteiger partial charge is 0.338 e. The molecular weight excluding hydrogens is 176 g/mol. The number of carbonyl (C=O) groups is 2. The van der Waals surface area contributed by atoms with E-state index in [4.69, 9.17) is 0 Å². The monoisotopic (exact) mass is 184 g/mol. The van der Waals surface area contributed by atoms with E-state index >= 15 is 0 Å². The van der Waals surface area contributed by atoms with Crippen molar-refractivity contribution >= 4 is 23.6 Å². The Kier molecular flexibility index (Phi) is 2.99. The molecule has 64 valence electrons. The first kappa shape index (κ1) is 8.93. The summed E-state index contributed by atoms with van der Waals surface area (Å²) in [5, 5.41) is 1.69. The Hall–Kier alpha value is -1.16. The molecule has 0 aliphatic rings. The first-order chi connectivity index (χ1) is 5.77. The zero-order valence-electron chi connectivity index (χ0n) is 6.57. The Labute approximate surface area is 74.0 Å². The molecule has 0 atom stereocenters. The molecule has 0 aromatic carbocycles. The summed E-state index contributed by atoms with van der Waals surface area (Å²) in [6.45, 7) is 0. The van der Waals surface area contributed by atoms with Crippen molar-refractivity contribution in [2.75, 3.05) is 7.11 Å². The maximum absolute atomic E-state index is 10.9. The van der Waals surface area contributed by atoms with Gasteiger partial charge in [-0.2, -0.15) is 0 Å². The molecule has 0 N–H and O–H groups in total. The molecule has 0 bridgehead atoms. The van der Waals surface area contributed by atoms with Gasteiger partial charge in [0.05, 0.1) is 12.7 Å². The number of rotatable bonds is 3. The minimum absolute atomic E-state index is 0.358. The van der Waals surface area contributed by atoms with Crippen LogP contribution in [0.1, 0.15) is 15.2 Å². The van der Waals surface area contributed by atoms with Gasteiger partial charge in [-0.3, -0.25) is 0 Å². The molecule has 1 aromatic rings. The molecule has 0 saturated carbocycles. The number of esters is 1. The van der Waals surface area contributed by atoms with Crippen molar-refractivity contribution in [2.24, 2.45) is 0 Å². The molecule has 0 aliphatic carbocycles. The lowest BCUT2D eigenvalue weighted by atomic mass is 10.3. The van der Waals surface area contributed by atoms with Gasteiger partial charge in [-0.15, -0.1) is 11.3 Å². The molecule has 0 fully saturated rings. The van der Waals surface area contributed by atoms with Gasteiger partial charge >= 0.3 is 5.97 Å². The Morgan fingerprint density at radius 3 is 3.08 bits per heavy atom. The molecule has 0 saturated heterocycles. The summed E-state index contributed by atoms with van der Waals surface area (Å²) in [5.41, 5.74) is 0.513. The van der Waals surface area contributed by atoms with Gasteiger partial charge in [0, 0.05) is 16.7 Å². The highest BCUT2D eigenvalue weighted by Crippen LogP contribution is 2.15. The van der Waals surface area contributed by atoms with Gasteiger partial charge in [-0.25, -0.2) is 4.79 Å². The highest BCUT2D eigenvalue weighted by Gasteiger charge is 2.07. The predicted octanol–water partition coefficient (Wildman–Crippen LogP) is 1.28. The van der Waals surface area contributed by atoms with Crippen molar-refractivity contribution in [1.82, 2.24) is 0 Å². The van der Waals surface area contributed by atoms with Crippen LogP contribution in [-0.2, 0) is 16.0 Å². The highest BCUT2D eigenvalue weighted by molar-refractivity contribution is 7.10. The minimum atomic E-state index is -0.358. The van der Waals surface area contributed by atoms with E-state index in [1.807, 2.05) is 0 Å². The lowest BCUT2D eigenvalue weighted by molar-refractivity contribution is -0.107. The summed E-state index contributed by atoms with van der Waals surface area (Å²) in [6, 6.07) is 1.67. The van der Waals surface area contributed by atoms with E-state index in [0.29, 0.717) is 12.0 Å². The van der Waals surface area contributed by atoms with Crippen molar-refractivity contribution in [3.8, 4) is 0 Å². The maximum Gasteiger partial charge on any atom is 0.338 e. The van der Waals surface area contributed by atoms with E-state index in [2.05, 4.69) is 4.74 Å². The standard InChI is InChI=1S/C8H8O3S/c1-11-8(10)6-4-7(2-3-9)12-5-6/h3-5H,2H2,1H3. The Balaban J connectivity index is 2.76. The summed E-state index contributed by atoms with van der Waals surface area (Å²) in [7, 11) is 1.33. The van der Waals surface area contributed by atoms with E-state index in [9.17, 15) is 9.59 Å². The molecule has 1 aromatic heterocycles. The molecule has 0 spiro atoms. The van der Waals surface area contributed by atoms with Crippen LogP contribution in [0, 0.1) is 0 Å². The van der Waals surface area contributed by atoms with Gasteiger partial charge in [-0.1, -0.05) is 0 Å². The molecular formula is C8H8O3S. The van der Waals surface area contributed by atoms with Crippen LogP contribution in [0.3, 0.4) is 0 Å². The number of hydrogen-bond donors (Lipinski definition) is 0. The van der Waals surface area contributed by atoms with Crippen LogP contribution in [0.15, 0.2) is 11.4 Å². The van der Waals surface area contributed by atoms with Crippen LogP contribution in [0.25, 0.3) is 0 Å². The lowest BCUT2D eigenvalue weighted by Crippen LogP contribution is -1.98. The van der Waals surface area contributed by atoms with E-state index in [-0.39, 0.29) is 5.97 Å². The summed E-state index contributed by atoms with van der Waals surface area (Å²) in [5.74, 6) is -0.358. The minimum Gasteiger partial charge on any atom is -0.465 e. The summed E-state index contributed by atoms with van der Waals surface area (Å²) >= 11 is 1.39. The van der Waals surface area contributed by atoms with Gasteiger partial charge < -0.3 is 9.53 Å². The zero-order valence-corrected chi connectivity index (χ0v) is 7.39. The molecule has 4 heteroatoms. The number of hydrogen-bond acceptors (Lipinski definition) is 4. The zero-order chi connectivity index (χ0) is 8.97. The van der Waals surface area contributed by atoms with Gasteiger partial charge in [0.1, 0.15) is 6.29 Å². The third-order valence-electron chi connectivity index (χ3n) is 1.36. The summed E-state index contributed by atoms with van der Waals surface area (Å²) in [4.78, 5) is 21.9. The fourth-order valence-corrected chi connectivity index (χ4v) is 1.60. The number of methoxy groups -OCH3 is 1. The number of carbonyl (C=O) groups excluding carboxylic acids is 2. The second-order valence-electron chi connectivity index (χ2n) is 2.16. The normalized spacial score (nSPS) is 9.42. The fourth-order valence-electron chi connectivity index (χ4n) is 0.795. The first-order valence-corrected chi connectivity index (χ1v) is 4.25. The van der Waals surface area contributed by atoms with Gasteiger partial charge in [0.2, 0.25) is 0 Å². The van der Waals surface area contributed by atoms with Crippen molar-refractivity contribution < 1.29 is 14.3 Å². The third kappa shape index (κ3) is 1.92. The average Bonchev–Trinajstić information content (AvgIpc) is 2.52. The van der Waals surface area contributed by atoms with Crippen LogP contribution in [0.4, 0.5) is 0 Å². The molecule has 1 rings (SSSR count). The summed E-state index contributed by atoms with van der Waals surface area (Å²) in [6.07, 6.45) is 1.18. The Morgan fingerprint density at radius 2 is 2.50 bits per heavy atom. The van der Waals surface area contributed by atoms with E-state index in [1.54, 1.807) is 11.4 Å². The van der Waals surface area contributed by atoms with Crippen LogP contribution >= 0.6 is 11.3 Å². The van der Waals surface area contributed by atoms with Crippen molar-refractivity contribution in [2.45, 2.75) is 6.42 Å². The third-order valence-corrected chi connectivity index (χ3v) is 2.32. The average molecular weight is 184 g/mol. The fraction of sp³-hybridized carbons (Fsp3) is 0.250. The maximum atomic E-state index is 10.9. The lowest BCUT2D eigenvalue weighted by Gasteiger charge is -1.91. The molecule has 0 amide bonds. The van der Waals surface area contributed by atoms with Crippen LogP contribution in [-0.4, -0.2) is 19.4 Å². The van der Waals surface area contributed by atoms with Crippen molar-refractivity contribution in [3.63, 3.8) is 0 Å². The van der Waals surface area contributed by atoms with Crippen molar-refractivity contribution in [1.29, 1.82) is 0 Å². The van der Waals surface area contributed by atoms with Gasteiger partial charge in [-0.05, 0) is 6.07 Å². The van der Waals surface area contributed by atoms with E-state index in [0.717, 1.165) is 11.2 Å². The molecule has 3 nitrogen and oxygen atoms in total. The molecule has 0 radical (unpaired) electrons. The Morgan fingerprint density at radius 1 is 1.75 bits per heavy atom. The van der Waals surface area contributed by atoms with Crippen LogP contribution < -0.4 is 0 Å². The first-order valence-electron chi connectivity index (χ1n) is 3.37. The van der Waals surface area contributed by atoms with E-state index in [1.165, 1.54) is 18.4 Å². The van der Waals surface area contributed by atoms with Crippen LogP contribution in [0.5, 0.6) is 0 Å². The van der Waals surface area contributed by atoms with Crippen LogP contribution in [0.2, 0.25) is 0 Å². The van der Waals surface area contributed by atoms with E-state index < -0.39 is 0 Å². The number of ether oxygens (including phenoxy) is 1. The topological polar surface area (TPSA) is 43.4 Å². The molecule has 1 heterocycles. The number of aldehydes is 1. The Bertz CT molecular complexity index is 290. The second kappa shape index (κ2) is 4.01. The highest BCUT2D eigenvalue weighted by atomic mass is 32.1. The largest absolute Gasteiger partial charge is 0.465 e.